The zero-order valence-corrected chi connectivity index (χ0v) is 11.0. The zero-order valence-electron chi connectivity index (χ0n) is 11.0. The van der Waals surface area contributed by atoms with Crippen molar-refractivity contribution in [1.29, 1.82) is 0 Å². The molecule has 0 amide bonds. The highest BCUT2D eigenvalue weighted by atomic mass is 19.1. The second-order valence-corrected chi connectivity index (χ2v) is 6.38. The molecule has 0 N–H and O–H groups in total. The van der Waals surface area contributed by atoms with Crippen LogP contribution in [0.3, 0.4) is 0 Å². The van der Waals surface area contributed by atoms with Crippen molar-refractivity contribution in [3.8, 4) is 0 Å². The minimum atomic E-state index is -1.07. The van der Waals surface area contributed by atoms with Crippen LogP contribution >= 0.6 is 0 Å². The normalized spacial score (nSPS) is 38.9. The molecule has 2 heteroatoms. The molecule has 0 heterocycles. The third kappa shape index (κ3) is 3.79. The maximum Gasteiger partial charge on any atom is 0.304 e. The van der Waals surface area contributed by atoms with Gasteiger partial charge in [0.05, 0.1) is 0 Å². The van der Waals surface area contributed by atoms with Crippen LogP contribution in [-0.4, -0.2) is 6.04 Å². The molecule has 0 unspecified atom stereocenters. The molecule has 2 saturated carbocycles. The molecule has 2 aliphatic rings. The zero-order chi connectivity index (χ0) is 12.3. The van der Waals surface area contributed by atoms with Crippen LogP contribution in [0, 0.1) is 23.7 Å². The number of carbonyl (C=O) groups excluding carboxylic acids is 1. The van der Waals surface area contributed by atoms with Crippen molar-refractivity contribution in [3.05, 3.63) is 0 Å². The van der Waals surface area contributed by atoms with Crippen molar-refractivity contribution >= 4 is 6.04 Å². The summed E-state index contributed by atoms with van der Waals surface area (Å²) in [5, 5.41) is 0. The summed E-state index contributed by atoms with van der Waals surface area (Å²) < 4.78 is 12.6. The van der Waals surface area contributed by atoms with E-state index in [4.69, 9.17) is 0 Å². The summed E-state index contributed by atoms with van der Waals surface area (Å²) >= 11 is 0. The fraction of sp³-hybridized carbons (Fsp3) is 0.933. The molecule has 0 aromatic carbocycles. The number of halogens is 1. The largest absolute Gasteiger partial charge is 0.304 e. The minimum Gasteiger partial charge on any atom is -0.261 e. The van der Waals surface area contributed by atoms with Gasteiger partial charge in [0.25, 0.3) is 0 Å². The van der Waals surface area contributed by atoms with E-state index in [1.165, 1.54) is 32.1 Å². The van der Waals surface area contributed by atoms with E-state index in [1.807, 2.05) is 0 Å². The number of rotatable bonds is 3. The van der Waals surface area contributed by atoms with Gasteiger partial charge in [-0.1, -0.05) is 32.6 Å². The Hall–Kier alpha value is -0.400. The summed E-state index contributed by atoms with van der Waals surface area (Å²) in [4.78, 5) is 10.7. The molecule has 0 atom stereocenters. The Morgan fingerprint density at radius 1 is 0.941 bits per heavy atom. The molecule has 0 spiro atoms. The van der Waals surface area contributed by atoms with Crippen LogP contribution in [-0.2, 0) is 4.79 Å². The smallest absolute Gasteiger partial charge is 0.261 e. The van der Waals surface area contributed by atoms with Gasteiger partial charge in [0.2, 0.25) is 0 Å². The molecule has 2 rings (SSSR count). The molecule has 0 aliphatic heterocycles. The quantitative estimate of drug-likeness (QED) is 0.663. The van der Waals surface area contributed by atoms with Gasteiger partial charge in [0.1, 0.15) is 0 Å². The third-order valence-electron chi connectivity index (χ3n) is 4.97. The van der Waals surface area contributed by atoms with Gasteiger partial charge in [0.15, 0.2) is 0 Å². The van der Waals surface area contributed by atoms with Crippen LogP contribution in [0.1, 0.15) is 64.7 Å². The molecule has 17 heavy (non-hydrogen) atoms. The highest BCUT2D eigenvalue weighted by Crippen LogP contribution is 2.38. The second kappa shape index (κ2) is 5.97. The van der Waals surface area contributed by atoms with Gasteiger partial charge in [-0.15, -0.1) is 0 Å². The molecule has 2 fully saturated rings. The van der Waals surface area contributed by atoms with Gasteiger partial charge < -0.3 is 0 Å². The molecule has 0 bridgehead atoms. The molecule has 0 aromatic heterocycles. The lowest BCUT2D eigenvalue weighted by molar-refractivity contribution is -0.134. The molecule has 1 nitrogen and oxygen atoms in total. The van der Waals surface area contributed by atoms with Gasteiger partial charge in [0, 0.05) is 5.92 Å². The lowest BCUT2D eigenvalue weighted by Crippen LogP contribution is -2.22. The maximum atomic E-state index is 12.6. The van der Waals surface area contributed by atoms with Crippen molar-refractivity contribution in [2.45, 2.75) is 64.7 Å². The lowest BCUT2D eigenvalue weighted by Gasteiger charge is -2.32. The van der Waals surface area contributed by atoms with Gasteiger partial charge in [-0.25, -0.2) is 0 Å². The Bertz CT molecular complexity index is 248. The Morgan fingerprint density at radius 3 is 1.88 bits per heavy atom. The first-order valence-electron chi connectivity index (χ1n) is 7.34. The fourth-order valence-corrected chi connectivity index (χ4v) is 3.66. The van der Waals surface area contributed by atoms with Gasteiger partial charge >= 0.3 is 6.04 Å². The maximum absolute atomic E-state index is 12.6. The van der Waals surface area contributed by atoms with Crippen LogP contribution in [0.2, 0.25) is 0 Å². The highest BCUT2D eigenvalue weighted by Gasteiger charge is 2.28. The Morgan fingerprint density at radius 2 is 1.41 bits per heavy atom. The third-order valence-corrected chi connectivity index (χ3v) is 4.97. The first kappa shape index (κ1) is 13.0. The van der Waals surface area contributed by atoms with E-state index in [9.17, 15) is 9.18 Å². The molecular weight excluding hydrogens is 215 g/mol. The first-order valence-corrected chi connectivity index (χ1v) is 7.34. The summed E-state index contributed by atoms with van der Waals surface area (Å²) in [5.74, 6) is 2.33. The van der Waals surface area contributed by atoms with Gasteiger partial charge in [-0.3, -0.25) is 4.79 Å². The van der Waals surface area contributed by atoms with E-state index < -0.39 is 6.04 Å². The van der Waals surface area contributed by atoms with E-state index in [-0.39, 0.29) is 5.92 Å². The fourth-order valence-electron chi connectivity index (χ4n) is 3.66. The minimum absolute atomic E-state index is 0.266. The Balaban J connectivity index is 1.69. The van der Waals surface area contributed by atoms with Crippen LogP contribution in [0.5, 0.6) is 0 Å². The summed E-state index contributed by atoms with van der Waals surface area (Å²) in [6.07, 6.45) is 10.6. The summed E-state index contributed by atoms with van der Waals surface area (Å²) in [5.41, 5.74) is 0. The standard InChI is InChI=1S/C15H25FO/c1-11-2-4-12(5-3-11)10-13-6-8-14(9-7-13)15(16)17/h11-14H,2-10H2,1H3. The van der Waals surface area contributed by atoms with E-state index in [2.05, 4.69) is 6.92 Å². The van der Waals surface area contributed by atoms with Crippen molar-refractivity contribution in [2.24, 2.45) is 23.7 Å². The molecule has 0 aromatic rings. The number of carbonyl (C=O) groups is 1. The van der Waals surface area contributed by atoms with Crippen molar-refractivity contribution in [3.63, 3.8) is 0 Å². The Labute approximate surface area is 104 Å². The molecule has 0 saturated heterocycles. The summed E-state index contributed by atoms with van der Waals surface area (Å²) in [7, 11) is 0. The van der Waals surface area contributed by atoms with Crippen molar-refractivity contribution < 1.29 is 9.18 Å². The average Bonchev–Trinajstić information content (AvgIpc) is 2.33. The second-order valence-electron chi connectivity index (χ2n) is 6.38. The molecule has 0 radical (unpaired) electrons. The van der Waals surface area contributed by atoms with E-state index in [0.717, 1.165) is 43.4 Å². The van der Waals surface area contributed by atoms with Crippen LogP contribution in [0.25, 0.3) is 0 Å². The van der Waals surface area contributed by atoms with Crippen LogP contribution in [0.15, 0.2) is 0 Å². The predicted molar refractivity (Wildman–Crippen MR) is 67.3 cm³/mol. The van der Waals surface area contributed by atoms with Gasteiger partial charge in [-0.05, 0) is 49.9 Å². The van der Waals surface area contributed by atoms with E-state index in [1.54, 1.807) is 0 Å². The van der Waals surface area contributed by atoms with E-state index >= 15 is 0 Å². The van der Waals surface area contributed by atoms with Crippen molar-refractivity contribution in [2.75, 3.05) is 0 Å². The van der Waals surface area contributed by atoms with Crippen molar-refractivity contribution in [1.82, 2.24) is 0 Å². The summed E-state index contributed by atoms with van der Waals surface area (Å²) in [6.45, 7) is 2.36. The topological polar surface area (TPSA) is 17.1 Å². The van der Waals surface area contributed by atoms with E-state index in [0.29, 0.717) is 0 Å². The van der Waals surface area contributed by atoms with Crippen LogP contribution in [0.4, 0.5) is 4.39 Å². The first-order chi connectivity index (χ1) is 8.15. The number of hydrogen-bond acceptors (Lipinski definition) is 1. The monoisotopic (exact) mass is 240 g/mol. The SMILES string of the molecule is CC1CCC(CC2CCC(C(=O)F)CC2)CC1. The molecule has 98 valence electrons. The van der Waals surface area contributed by atoms with Gasteiger partial charge in [-0.2, -0.15) is 4.39 Å². The van der Waals surface area contributed by atoms with Crippen LogP contribution < -0.4 is 0 Å². The highest BCUT2D eigenvalue weighted by molar-refractivity contribution is 5.70. The summed E-state index contributed by atoms with van der Waals surface area (Å²) in [6, 6.07) is -1.07. The predicted octanol–water partition coefficient (Wildman–Crippen LogP) is 4.51. The molecule has 2 aliphatic carbocycles. The Kier molecular flexibility index (Phi) is 4.58. The number of hydrogen-bond donors (Lipinski definition) is 0. The lowest BCUT2D eigenvalue weighted by atomic mass is 9.73. The average molecular weight is 240 g/mol. The molecular formula is C15H25FO.